The molecule has 4 aromatic carbocycles. The van der Waals surface area contributed by atoms with Crippen molar-refractivity contribution in [1.82, 2.24) is 4.90 Å². The topological polar surface area (TPSA) is 195 Å². The molecule has 4 N–H and O–H groups in total. The minimum atomic E-state index is -3.95. The van der Waals surface area contributed by atoms with Crippen LogP contribution in [0.3, 0.4) is 0 Å². The number of ketones is 2. The number of Topliss-reactive ketones (excluding diaryl/α,β-unsaturated/α-hetero) is 2. The summed E-state index contributed by atoms with van der Waals surface area (Å²) in [6, 6.07) is 27.9. The number of rotatable bonds is 11. The van der Waals surface area contributed by atoms with Gasteiger partial charge < -0.3 is 29.9 Å². The van der Waals surface area contributed by atoms with Gasteiger partial charge in [0.05, 0.1) is 25.9 Å². The molecule has 0 bridgehead atoms. The molecule has 1 saturated carbocycles. The molecule has 12 nitrogen and oxygen atoms in total. The summed E-state index contributed by atoms with van der Waals surface area (Å²) in [7, 11) is 5.59. The monoisotopic (exact) mass is 720 g/mol. The zero-order valence-electron chi connectivity index (χ0n) is 29.5. The minimum Gasteiger partial charge on any atom is -0.493 e. The molecule has 3 atom stereocenters. The molecule has 1 fully saturated rings. The van der Waals surface area contributed by atoms with E-state index in [1.807, 2.05) is 12.1 Å². The number of aliphatic carboxylic acids is 2. The van der Waals surface area contributed by atoms with Crippen LogP contribution in [0.25, 0.3) is 0 Å². The van der Waals surface area contributed by atoms with Crippen LogP contribution < -0.4 is 9.47 Å². The maximum Gasteiger partial charge on any atom is 0.348 e. The van der Waals surface area contributed by atoms with Crippen LogP contribution in [0.4, 0.5) is 0 Å². The van der Waals surface area contributed by atoms with E-state index >= 15 is 0 Å². The van der Waals surface area contributed by atoms with E-state index in [0.29, 0.717) is 0 Å². The van der Waals surface area contributed by atoms with Gasteiger partial charge in [0, 0.05) is 29.1 Å². The molecule has 0 radical (unpaired) electrons. The van der Waals surface area contributed by atoms with E-state index in [4.69, 9.17) is 9.47 Å². The Morgan fingerprint density at radius 1 is 0.774 bits per heavy atom. The number of fused-ring (bicyclic) bond motifs is 1. The second-order valence-electron chi connectivity index (χ2n) is 13.1. The van der Waals surface area contributed by atoms with Gasteiger partial charge in [0.1, 0.15) is 0 Å². The fourth-order valence-electron chi connectivity index (χ4n) is 7.48. The van der Waals surface area contributed by atoms with E-state index in [9.17, 15) is 44.9 Å². The number of hydrogen-bond donors (Lipinski definition) is 4. The minimum absolute atomic E-state index is 0.0180. The number of methoxy groups -OCH3 is 2. The van der Waals surface area contributed by atoms with Crippen molar-refractivity contribution in [3.63, 3.8) is 0 Å². The zero-order valence-corrected chi connectivity index (χ0v) is 29.5. The summed E-state index contributed by atoms with van der Waals surface area (Å²) in [6.45, 7) is 1.00. The van der Waals surface area contributed by atoms with Gasteiger partial charge in [-0.25, -0.2) is 9.59 Å². The average molecular weight is 721 g/mol. The zero-order chi connectivity index (χ0) is 38.6. The van der Waals surface area contributed by atoms with E-state index < -0.39 is 45.8 Å². The summed E-state index contributed by atoms with van der Waals surface area (Å²) in [5.41, 5.74) is -4.06. The van der Waals surface area contributed by atoms with E-state index in [1.165, 1.54) is 59.5 Å². The fourth-order valence-corrected chi connectivity index (χ4v) is 7.48. The number of nitrogens with zero attached hydrogens (tertiary/aromatic N) is 2. The number of carbonyl (C=O) groups is 4. The lowest BCUT2D eigenvalue weighted by Gasteiger charge is -2.54. The van der Waals surface area contributed by atoms with Crippen molar-refractivity contribution in [2.45, 2.75) is 48.3 Å². The molecule has 0 aromatic heterocycles. The maximum absolute atomic E-state index is 12.6. The predicted molar refractivity (Wildman–Crippen MR) is 192 cm³/mol. The van der Waals surface area contributed by atoms with Crippen LogP contribution in [0.15, 0.2) is 97.1 Å². The van der Waals surface area contributed by atoms with E-state index in [-0.39, 0.29) is 11.5 Å². The highest BCUT2D eigenvalue weighted by molar-refractivity contribution is 6.28. The summed E-state index contributed by atoms with van der Waals surface area (Å²) in [6.07, 6.45) is 4.41. The lowest BCUT2D eigenvalue weighted by Crippen LogP contribution is -2.71. The lowest BCUT2D eigenvalue weighted by atomic mass is 9.56. The number of carboxylic acid groups (broad SMARTS) is 2. The molecular weight excluding hydrogens is 680 g/mol. The van der Waals surface area contributed by atoms with Gasteiger partial charge in [-0.3, -0.25) is 14.5 Å². The number of carbonyl (C=O) groups excluding carboxylic acids is 2. The Hall–Kier alpha value is -5.87. The Bertz CT molecular complexity index is 1980. The van der Waals surface area contributed by atoms with Gasteiger partial charge in [-0.1, -0.05) is 85.3 Å². The number of carboxylic acids is 2. The Morgan fingerprint density at radius 2 is 1.25 bits per heavy atom. The van der Waals surface area contributed by atoms with Crippen LogP contribution in [-0.2, 0) is 21.4 Å². The number of hydrogen-bond acceptors (Lipinski definition) is 10. The van der Waals surface area contributed by atoms with Gasteiger partial charge in [0.25, 0.3) is 11.2 Å². The molecular formula is C41H40N2O10. The van der Waals surface area contributed by atoms with Crippen LogP contribution in [-0.4, -0.2) is 87.8 Å². The van der Waals surface area contributed by atoms with Crippen molar-refractivity contribution in [2.24, 2.45) is 0 Å². The number of likely N-dealkylation sites (N-methyl/N-ethyl adjacent to an activating group) is 1. The first-order valence-electron chi connectivity index (χ1n) is 16.9. The summed E-state index contributed by atoms with van der Waals surface area (Å²) < 4.78 is 11.1. The molecule has 274 valence electrons. The highest BCUT2D eigenvalue weighted by atomic mass is 16.5. The molecule has 0 saturated heterocycles. The van der Waals surface area contributed by atoms with Gasteiger partial charge in [0.2, 0.25) is 11.6 Å². The van der Waals surface area contributed by atoms with Gasteiger partial charge in [-0.15, -0.1) is 0 Å². The Balaban J connectivity index is 0.000000205. The van der Waals surface area contributed by atoms with Gasteiger partial charge >= 0.3 is 11.9 Å². The van der Waals surface area contributed by atoms with Crippen LogP contribution in [0.2, 0.25) is 0 Å². The van der Waals surface area contributed by atoms with Gasteiger partial charge in [-0.2, -0.15) is 5.26 Å². The average Bonchev–Trinajstić information content (AvgIpc) is 3.17. The molecule has 12 heteroatoms. The summed E-state index contributed by atoms with van der Waals surface area (Å²) >= 11 is 0. The van der Waals surface area contributed by atoms with E-state index in [0.717, 1.165) is 67.1 Å². The van der Waals surface area contributed by atoms with Gasteiger partial charge in [-0.05, 0) is 61.2 Å². The van der Waals surface area contributed by atoms with E-state index in [1.54, 1.807) is 14.2 Å². The van der Waals surface area contributed by atoms with Crippen LogP contribution in [0.5, 0.6) is 11.5 Å². The molecule has 4 aromatic rings. The lowest BCUT2D eigenvalue weighted by molar-refractivity contribution is -0.187. The number of aliphatic hydroxyl groups is 2. The molecule has 53 heavy (non-hydrogen) atoms. The molecule has 0 spiro atoms. The third-order valence-corrected chi connectivity index (χ3v) is 10.3. The van der Waals surface area contributed by atoms with Crippen LogP contribution in [0.1, 0.15) is 68.3 Å². The Kier molecular flexibility index (Phi) is 11.1. The smallest absolute Gasteiger partial charge is 0.348 e. The first kappa shape index (κ1) is 38.4. The van der Waals surface area contributed by atoms with E-state index in [2.05, 4.69) is 42.3 Å². The molecule has 1 aliphatic heterocycles. The fraction of sp³-hybridized carbons (Fsp3) is 0.293. The first-order chi connectivity index (χ1) is 25.3. The SMILES string of the molecule is COc1cc2c(cc1OC)C(C1(c3ccccc3C#N)CCC1)N(C)CC2.O=C(O)C(O)(C(=O)c1ccccc1)C(O)(C(=O)O)C(=O)c1ccccc1. The highest BCUT2D eigenvalue weighted by Crippen LogP contribution is 2.57. The number of nitriles is 1. The number of ether oxygens (including phenoxy) is 2. The molecule has 1 aliphatic carbocycles. The second-order valence-corrected chi connectivity index (χ2v) is 13.1. The van der Waals surface area contributed by atoms with Crippen molar-refractivity contribution >= 4 is 23.5 Å². The maximum atomic E-state index is 12.6. The van der Waals surface area contributed by atoms with Crippen molar-refractivity contribution in [2.75, 3.05) is 27.8 Å². The first-order valence-corrected chi connectivity index (χ1v) is 16.9. The quantitative estimate of drug-likeness (QED) is 0.124. The molecule has 0 amide bonds. The third-order valence-electron chi connectivity index (χ3n) is 10.3. The van der Waals surface area contributed by atoms with Crippen molar-refractivity contribution in [3.8, 4) is 17.6 Å². The molecule has 1 heterocycles. The Morgan fingerprint density at radius 3 is 1.68 bits per heavy atom. The number of benzene rings is 4. The largest absolute Gasteiger partial charge is 0.493 e. The van der Waals surface area contributed by atoms with Crippen LogP contribution in [0, 0.1) is 11.3 Å². The third kappa shape index (κ3) is 6.55. The Labute approximate surface area is 306 Å². The summed E-state index contributed by atoms with van der Waals surface area (Å²) in [4.78, 5) is 51.0. The molecule has 6 rings (SSSR count). The standard InChI is InChI=1S/C23H26N2O2.C18H14O8/c1-25-12-9-16-13-20(26-2)21(27-3)14-18(16)22(25)23(10-6-11-23)19-8-5-4-7-17(19)15-24;19-13(11-7-3-1-4-8-11)17(25,15(21)22)18(26,16(23)24)14(20)12-9-5-2-6-10-12/h4-5,7-8,13-14,22H,6,9-12H2,1-3H3;1-10,25-26H,(H,21,22)(H,23,24). The van der Waals surface area contributed by atoms with Crippen molar-refractivity contribution in [1.29, 1.82) is 5.26 Å². The predicted octanol–water partition coefficient (Wildman–Crippen LogP) is 4.61. The normalized spacial score (nSPS) is 18.2. The van der Waals surface area contributed by atoms with Crippen molar-refractivity contribution in [3.05, 3.63) is 130 Å². The second kappa shape index (κ2) is 15.4. The van der Waals surface area contributed by atoms with Crippen LogP contribution >= 0.6 is 0 Å². The molecule has 3 unspecified atom stereocenters. The molecule has 2 aliphatic rings. The highest BCUT2D eigenvalue weighted by Gasteiger charge is 2.70. The van der Waals surface area contributed by atoms with Gasteiger partial charge in [0.15, 0.2) is 11.5 Å². The summed E-state index contributed by atoms with van der Waals surface area (Å²) in [5, 5.41) is 49.6. The van der Waals surface area contributed by atoms with Crippen molar-refractivity contribution < 1.29 is 49.1 Å². The summed E-state index contributed by atoms with van der Waals surface area (Å²) in [5.74, 6) is -6.46.